The van der Waals surface area contributed by atoms with E-state index < -0.39 is 12.6 Å². The number of fused-ring (bicyclic) bond motifs is 1. The predicted molar refractivity (Wildman–Crippen MR) is 98.8 cm³/mol. The van der Waals surface area contributed by atoms with Crippen LogP contribution in [0, 0.1) is 0 Å². The molecular weight excluding hydrogens is 348 g/mol. The molecule has 7 heteroatoms. The maximum absolute atomic E-state index is 12.3. The van der Waals surface area contributed by atoms with E-state index >= 15 is 0 Å². The number of rotatable bonds is 5. The number of hydrogen-bond acceptors (Lipinski definition) is 5. The van der Waals surface area contributed by atoms with Crippen LogP contribution in [0.25, 0.3) is 0 Å². The summed E-state index contributed by atoms with van der Waals surface area (Å²) in [5.74, 6) is -1.63. The Bertz CT molecular complexity index is 934. The Morgan fingerprint density at radius 3 is 2.41 bits per heavy atom. The van der Waals surface area contributed by atoms with Gasteiger partial charge in [0.2, 0.25) is 11.8 Å². The number of hydrogen-bond donors (Lipinski definition) is 2. The Hall–Kier alpha value is -3.48. The Morgan fingerprint density at radius 2 is 1.74 bits per heavy atom. The lowest BCUT2D eigenvalue weighted by Gasteiger charge is -2.07. The van der Waals surface area contributed by atoms with E-state index in [4.69, 9.17) is 4.74 Å². The summed E-state index contributed by atoms with van der Waals surface area (Å²) in [5, 5.41) is 5.33. The van der Waals surface area contributed by atoms with Crippen LogP contribution < -0.4 is 10.6 Å². The second kappa shape index (κ2) is 7.41. The molecule has 0 bridgehead atoms. The van der Waals surface area contributed by atoms with Gasteiger partial charge in [0.15, 0.2) is 12.4 Å². The van der Waals surface area contributed by atoms with E-state index in [1.807, 2.05) is 0 Å². The molecule has 1 atom stereocenters. The van der Waals surface area contributed by atoms with Gasteiger partial charge in [-0.25, -0.2) is 4.79 Å². The molecule has 0 saturated carbocycles. The highest BCUT2D eigenvalue weighted by molar-refractivity contribution is 6.05. The van der Waals surface area contributed by atoms with Crippen LogP contribution in [0.3, 0.4) is 0 Å². The summed E-state index contributed by atoms with van der Waals surface area (Å²) in [7, 11) is 0. The van der Waals surface area contributed by atoms with E-state index in [2.05, 4.69) is 10.6 Å². The fourth-order valence-electron chi connectivity index (χ4n) is 2.78. The molecule has 0 unspecified atom stereocenters. The van der Waals surface area contributed by atoms with Crippen molar-refractivity contribution in [3.63, 3.8) is 0 Å². The third-order valence-electron chi connectivity index (χ3n) is 4.27. The summed E-state index contributed by atoms with van der Waals surface area (Å²) in [4.78, 5) is 47.1. The lowest BCUT2D eigenvalue weighted by atomic mass is 9.99. The first kappa shape index (κ1) is 18.3. The highest BCUT2D eigenvalue weighted by Gasteiger charge is 2.27. The van der Waals surface area contributed by atoms with Gasteiger partial charge in [-0.05, 0) is 55.0 Å². The average molecular weight is 366 g/mol. The highest BCUT2D eigenvalue weighted by atomic mass is 16.5. The number of carbonyl (C=O) groups is 4. The van der Waals surface area contributed by atoms with Crippen molar-refractivity contribution in [2.24, 2.45) is 0 Å². The first-order valence-corrected chi connectivity index (χ1v) is 8.38. The Morgan fingerprint density at radius 1 is 1.07 bits per heavy atom. The topological polar surface area (TPSA) is 102 Å². The smallest absolute Gasteiger partial charge is 0.338 e. The highest BCUT2D eigenvalue weighted by Crippen LogP contribution is 2.32. The van der Waals surface area contributed by atoms with Gasteiger partial charge in [-0.3, -0.25) is 14.4 Å². The van der Waals surface area contributed by atoms with Crippen LogP contribution >= 0.6 is 0 Å². The molecule has 7 nitrogen and oxygen atoms in total. The van der Waals surface area contributed by atoms with E-state index in [9.17, 15) is 19.2 Å². The van der Waals surface area contributed by atoms with Crippen LogP contribution in [0.2, 0.25) is 0 Å². The minimum absolute atomic E-state index is 0.108. The summed E-state index contributed by atoms with van der Waals surface area (Å²) < 4.78 is 5.07. The zero-order chi connectivity index (χ0) is 19.6. The van der Waals surface area contributed by atoms with Gasteiger partial charge >= 0.3 is 5.97 Å². The number of esters is 1. The van der Waals surface area contributed by atoms with Crippen LogP contribution in [0.4, 0.5) is 11.4 Å². The van der Waals surface area contributed by atoms with Crippen molar-refractivity contribution in [1.29, 1.82) is 0 Å². The van der Waals surface area contributed by atoms with Gasteiger partial charge in [-0.2, -0.15) is 0 Å². The second-order valence-electron chi connectivity index (χ2n) is 6.27. The van der Waals surface area contributed by atoms with Crippen LogP contribution in [0.1, 0.15) is 46.0 Å². The third kappa shape index (κ3) is 4.03. The van der Waals surface area contributed by atoms with Crippen LogP contribution in [0.5, 0.6) is 0 Å². The molecule has 0 saturated heterocycles. The fraction of sp³-hybridized carbons (Fsp3) is 0.200. The molecule has 27 heavy (non-hydrogen) atoms. The van der Waals surface area contributed by atoms with Crippen molar-refractivity contribution < 1.29 is 23.9 Å². The van der Waals surface area contributed by atoms with Gasteiger partial charge in [0.1, 0.15) is 0 Å². The molecule has 138 valence electrons. The molecule has 0 fully saturated rings. The van der Waals surface area contributed by atoms with Gasteiger partial charge in [0.25, 0.3) is 0 Å². The van der Waals surface area contributed by atoms with E-state index in [0.29, 0.717) is 16.9 Å². The van der Waals surface area contributed by atoms with E-state index in [0.717, 1.165) is 5.56 Å². The molecule has 0 aromatic heterocycles. The minimum atomic E-state index is -0.635. The predicted octanol–water partition coefficient (Wildman–Crippen LogP) is 2.74. The number of carbonyl (C=O) groups excluding carboxylic acids is 4. The maximum atomic E-state index is 12.3. The second-order valence-corrected chi connectivity index (χ2v) is 6.27. The Kier molecular flexibility index (Phi) is 5.03. The summed E-state index contributed by atoms with van der Waals surface area (Å²) in [6, 6.07) is 11.1. The average Bonchev–Trinajstić information content (AvgIpc) is 2.93. The number of ketones is 1. The molecule has 1 aliphatic heterocycles. The molecule has 1 heterocycles. The van der Waals surface area contributed by atoms with Crippen molar-refractivity contribution in [3.8, 4) is 0 Å². The molecule has 0 spiro atoms. The molecule has 2 aromatic carbocycles. The minimum Gasteiger partial charge on any atom is -0.454 e. The van der Waals surface area contributed by atoms with Crippen molar-refractivity contribution >= 4 is 34.9 Å². The van der Waals surface area contributed by atoms with Crippen molar-refractivity contribution in [2.75, 3.05) is 17.2 Å². The number of benzene rings is 2. The van der Waals surface area contributed by atoms with Crippen molar-refractivity contribution in [3.05, 3.63) is 59.2 Å². The number of amides is 2. The Balaban J connectivity index is 1.61. The zero-order valence-corrected chi connectivity index (χ0v) is 14.9. The zero-order valence-electron chi connectivity index (χ0n) is 14.9. The number of nitrogens with one attached hydrogen (secondary N) is 2. The van der Waals surface area contributed by atoms with Crippen LogP contribution in [0.15, 0.2) is 42.5 Å². The molecule has 1 aliphatic rings. The van der Waals surface area contributed by atoms with E-state index in [-0.39, 0.29) is 29.1 Å². The normalized spacial score (nSPS) is 14.9. The van der Waals surface area contributed by atoms with E-state index in [1.54, 1.807) is 37.3 Å². The first-order valence-electron chi connectivity index (χ1n) is 8.38. The molecule has 3 rings (SSSR count). The lowest BCUT2D eigenvalue weighted by Crippen LogP contribution is -2.14. The van der Waals surface area contributed by atoms with Gasteiger partial charge in [0.05, 0.1) is 11.5 Å². The van der Waals surface area contributed by atoms with E-state index in [1.165, 1.54) is 19.1 Å². The van der Waals surface area contributed by atoms with Crippen LogP contribution in [-0.4, -0.2) is 30.2 Å². The summed E-state index contributed by atoms with van der Waals surface area (Å²) in [6.45, 7) is 2.75. The number of Topliss-reactive ketones (excluding diaryl/α,β-unsaturated/α-hetero) is 1. The van der Waals surface area contributed by atoms with Gasteiger partial charge in [-0.15, -0.1) is 0 Å². The molecule has 2 amide bonds. The summed E-state index contributed by atoms with van der Waals surface area (Å²) in [6.07, 6.45) is 0. The standard InChI is InChI=1S/C20H18N2O5/c1-11-16-9-14(5-8-17(16)22-19(11)25)18(24)10-27-20(26)13-3-6-15(7-4-13)21-12(2)23/h3-9,11H,10H2,1-2H3,(H,21,23)(H,22,25)/t11-/m0/s1. The molecular formula is C20H18N2O5. The molecule has 0 radical (unpaired) electrons. The van der Waals surface area contributed by atoms with Crippen molar-refractivity contribution in [2.45, 2.75) is 19.8 Å². The molecule has 0 aliphatic carbocycles. The lowest BCUT2D eigenvalue weighted by molar-refractivity contribution is -0.116. The summed E-state index contributed by atoms with van der Waals surface area (Å²) >= 11 is 0. The van der Waals surface area contributed by atoms with Crippen LogP contribution in [-0.2, 0) is 14.3 Å². The quantitative estimate of drug-likeness (QED) is 0.626. The number of ether oxygens (including phenoxy) is 1. The van der Waals surface area contributed by atoms with Crippen molar-refractivity contribution in [1.82, 2.24) is 0 Å². The molecule has 2 N–H and O–H groups in total. The third-order valence-corrected chi connectivity index (χ3v) is 4.27. The SMILES string of the molecule is CC(=O)Nc1ccc(C(=O)OCC(=O)c2ccc3c(c2)[C@H](C)C(=O)N3)cc1. The van der Waals surface area contributed by atoms with Gasteiger partial charge < -0.3 is 15.4 Å². The largest absolute Gasteiger partial charge is 0.454 e. The monoisotopic (exact) mass is 366 g/mol. The molecule has 2 aromatic rings. The maximum Gasteiger partial charge on any atom is 0.338 e. The Labute approximate surface area is 155 Å². The van der Waals surface area contributed by atoms with Gasteiger partial charge in [-0.1, -0.05) is 0 Å². The first-order chi connectivity index (χ1) is 12.8. The fourth-order valence-corrected chi connectivity index (χ4v) is 2.78. The summed E-state index contributed by atoms with van der Waals surface area (Å²) in [5.41, 5.74) is 2.66. The number of anilines is 2. The van der Waals surface area contributed by atoms with Gasteiger partial charge in [0, 0.05) is 23.9 Å².